The fourth-order valence-electron chi connectivity index (χ4n) is 3.06. The maximum absolute atomic E-state index is 9.63. The van der Waals surface area contributed by atoms with Gasteiger partial charge in [-0.3, -0.25) is 0 Å². The van der Waals surface area contributed by atoms with Crippen LogP contribution in [0.15, 0.2) is 0 Å². The third-order valence-electron chi connectivity index (χ3n) is 3.71. The predicted molar refractivity (Wildman–Crippen MR) is 60.3 cm³/mol. The first kappa shape index (κ1) is 12.0. The summed E-state index contributed by atoms with van der Waals surface area (Å²) in [6.45, 7) is 7.94. The second-order valence-electron chi connectivity index (χ2n) is 4.94. The second-order valence-corrected chi connectivity index (χ2v) is 4.94. The molecular formula is C12H25NO. The molecule has 0 spiro atoms. The largest absolute Gasteiger partial charge is 0.394 e. The fourth-order valence-corrected chi connectivity index (χ4v) is 3.06. The lowest BCUT2D eigenvalue weighted by Crippen LogP contribution is -2.57. The summed E-state index contributed by atoms with van der Waals surface area (Å²) in [6, 6.07) is 0. The van der Waals surface area contributed by atoms with Crippen molar-refractivity contribution in [2.75, 3.05) is 13.2 Å². The van der Waals surface area contributed by atoms with Crippen molar-refractivity contribution in [1.82, 2.24) is 5.32 Å². The first-order chi connectivity index (χ1) is 6.66. The molecule has 0 bridgehead atoms. The van der Waals surface area contributed by atoms with Crippen LogP contribution in [0.2, 0.25) is 0 Å². The van der Waals surface area contributed by atoms with Crippen LogP contribution in [0.25, 0.3) is 0 Å². The van der Waals surface area contributed by atoms with E-state index in [2.05, 4.69) is 26.1 Å². The average Bonchev–Trinajstić information content (AvgIpc) is 2.18. The molecule has 2 N–H and O–H groups in total. The molecule has 0 radical (unpaired) electrons. The van der Waals surface area contributed by atoms with Crippen LogP contribution >= 0.6 is 0 Å². The third-order valence-corrected chi connectivity index (χ3v) is 3.71. The molecule has 1 saturated carbocycles. The second kappa shape index (κ2) is 5.13. The van der Waals surface area contributed by atoms with Crippen LogP contribution in [0.4, 0.5) is 0 Å². The summed E-state index contributed by atoms with van der Waals surface area (Å²) in [7, 11) is 0. The summed E-state index contributed by atoms with van der Waals surface area (Å²) in [5.74, 6) is 1.31. The molecule has 1 aliphatic carbocycles. The van der Waals surface area contributed by atoms with Gasteiger partial charge in [0.15, 0.2) is 0 Å². The molecule has 2 unspecified atom stereocenters. The van der Waals surface area contributed by atoms with E-state index in [1.807, 2.05) is 0 Å². The summed E-state index contributed by atoms with van der Waals surface area (Å²) in [5.41, 5.74) is 0.0150. The molecule has 84 valence electrons. The maximum atomic E-state index is 9.63. The van der Waals surface area contributed by atoms with Crippen molar-refractivity contribution in [2.45, 2.75) is 52.0 Å². The number of likely N-dealkylation sites (N-methyl/N-ethyl adjacent to an activating group) is 1. The van der Waals surface area contributed by atoms with Gasteiger partial charge in [-0.15, -0.1) is 0 Å². The monoisotopic (exact) mass is 199 g/mol. The van der Waals surface area contributed by atoms with E-state index >= 15 is 0 Å². The Morgan fingerprint density at radius 1 is 1.43 bits per heavy atom. The van der Waals surface area contributed by atoms with Gasteiger partial charge in [0.1, 0.15) is 0 Å². The van der Waals surface area contributed by atoms with Crippen LogP contribution in [0.1, 0.15) is 46.5 Å². The molecule has 2 atom stereocenters. The normalized spacial score (nSPS) is 33.6. The number of aliphatic hydroxyl groups is 1. The molecule has 14 heavy (non-hydrogen) atoms. The van der Waals surface area contributed by atoms with Crippen LogP contribution in [-0.4, -0.2) is 23.8 Å². The van der Waals surface area contributed by atoms with Crippen LogP contribution in [0.3, 0.4) is 0 Å². The van der Waals surface area contributed by atoms with Gasteiger partial charge in [0.2, 0.25) is 0 Å². The minimum Gasteiger partial charge on any atom is -0.394 e. The van der Waals surface area contributed by atoms with Crippen molar-refractivity contribution >= 4 is 0 Å². The quantitative estimate of drug-likeness (QED) is 0.727. The van der Waals surface area contributed by atoms with Crippen LogP contribution < -0.4 is 5.32 Å². The Bertz CT molecular complexity index is 166. The first-order valence-electron chi connectivity index (χ1n) is 6.02. The molecule has 0 aromatic carbocycles. The molecule has 2 nitrogen and oxygen atoms in total. The van der Waals surface area contributed by atoms with Gasteiger partial charge in [0, 0.05) is 5.54 Å². The average molecular weight is 199 g/mol. The molecule has 0 saturated heterocycles. The van der Waals surface area contributed by atoms with E-state index in [9.17, 15) is 5.11 Å². The van der Waals surface area contributed by atoms with Gasteiger partial charge in [-0.2, -0.15) is 0 Å². The highest BCUT2D eigenvalue weighted by molar-refractivity contribution is 4.97. The van der Waals surface area contributed by atoms with Gasteiger partial charge in [0.05, 0.1) is 6.61 Å². The lowest BCUT2D eigenvalue weighted by atomic mass is 9.68. The van der Waals surface area contributed by atoms with E-state index in [0.717, 1.165) is 13.0 Å². The third kappa shape index (κ3) is 2.29. The highest BCUT2D eigenvalue weighted by atomic mass is 16.3. The van der Waals surface area contributed by atoms with Gasteiger partial charge in [-0.05, 0) is 31.2 Å². The number of rotatable bonds is 4. The van der Waals surface area contributed by atoms with E-state index < -0.39 is 0 Å². The molecular weight excluding hydrogens is 174 g/mol. The Kier molecular flexibility index (Phi) is 4.39. The van der Waals surface area contributed by atoms with E-state index in [1.54, 1.807) is 0 Å². The summed E-state index contributed by atoms with van der Waals surface area (Å²) >= 11 is 0. The van der Waals surface area contributed by atoms with E-state index in [0.29, 0.717) is 18.4 Å². The van der Waals surface area contributed by atoms with Crippen LogP contribution in [0.5, 0.6) is 0 Å². The predicted octanol–water partition coefficient (Wildman–Crippen LogP) is 2.17. The number of hydrogen-bond donors (Lipinski definition) is 2. The SMILES string of the molecule is CCNC1(CO)CCCCC1C(C)C. The van der Waals surface area contributed by atoms with Crippen molar-refractivity contribution in [1.29, 1.82) is 0 Å². The standard InChI is InChI=1S/C12H25NO/c1-4-13-12(9-14)8-6-5-7-11(12)10(2)3/h10-11,13-14H,4-9H2,1-3H3. The molecule has 1 rings (SSSR count). The van der Waals surface area contributed by atoms with Crippen molar-refractivity contribution in [3.63, 3.8) is 0 Å². The molecule has 2 heteroatoms. The summed E-state index contributed by atoms with van der Waals surface area (Å²) in [4.78, 5) is 0. The summed E-state index contributed by atoms with van der Waals surface area (Å²) < 4.78 is 0. The van der Waals surface area contributed by atoms with Gasteiger partial charge in [0.25, 0.3) is 0 Å². The Labute approximate surface area is 88.1 Å². The van der Waals surface area contributed by atoms with Gasteiger partial charge < -0.3 is 10.4 Å². The molecule has 0 aromatic heterocycles. The highest BCUT2D eigenvalue weighted by Gasteiger charge is 2.40. The Balaban J connectivity index is 2.75. The van der Waals surface area contributed by atoms with Crippen molar-refractivity contribution < 1.29 is 5.11 Å². The zero-order valence-electron chi connectivity index (χ0n) is 9.84. The topological polar surface area (TPSA) is 32.3 Å². The molecule has 0 aromatic rings. The van der Waals surface area contributed by atoms with Gasteiger partial charge >= 0.3 is 0 Å². The summed E-state index contributed by atoms with van der Waals surface area (Å²) in [6.07, 6.45) is 5.00. The van der Waals surface area contributed by atoms with Crippen molar-refractivity contribution in [3.8, 4) is 0 Å². The Morgan fingerprint density at radius 2 is 2.14 bits per heavy atom. The summed E-state index contributed by atoms with van der Waals surface area (Å²) in [5, 5.41) is 13.2. The maximum Gasteiger partial charge on any atom is 0.0616 e. The Hall–Kier alpha value is -0.0800. The van der Waals surface area contributed by atoms with Crippen molar-refractivity contribution in [3.05, 3.63) is 0 Å². The lowest BCUT2D eigenvalue weighted by Gasteiger charge is -2.46. The first-order valence-corrected chi connectivity index (χ1v) is 6.02. The molecule has 1 fully saturated rings. The number of nitrogens with one attached hydrogen (secondary N) is 1. The zero-order chi connectivity index (χ0) is 10.6. The lowest BCUT2D eigenvalue weighted by molar-refractivity contribution is 0.0438. The minimum absolute atomic E-state index is 0.0150. The fraction of sp³-hybridized carbons (Fsp3) is 1.00. The minimum atomic E-state index is 0.0150. The molecule has 0 aliphatic heterocycles. The van der Waals surface area contributed by atoms with Crippen LogP contribution in [0, 0.1) is 11.8 Å². The molecule has 0 heterocycles. The van der Waals surface area contributed by atoms with E-state index in [-0.39, 0.29) is 5.54 Å². The van der Waals surface area contributed by atoms with Gasteiger partial charge in [-0.25, -0.2) is 0 Å². The number of hydrogen-bond acceptors (Lipinski definition) is 2. The zero-order valence-corrected chi connectivity index (χ0v) is 9.84. The van der Waals surface area contributed by atoms with E-state index in [4.69, 9.17) is 0 Å². The van der Waals surface area contributed by atoms with Gasteiger partial charge in [-0.1, -0.05) is 33.6 Å². The molecule has 1 aliphatic rings. The van der Waals surface area contributed by atoms with E-state index in [1.165, 1.54) is 19.3 Å². The molecule has 0 amide bonds. The van der Waals surface area contributed by atoms with Crippen molar-refractivity contribution in [2.24, 2.45) is 11.8 Å². The smallest absolute Gasteiger partial charge is 0.0616 e. The Morgan fingerprint density at radius 3 is 2.64 bits per heavy atom. The highest BCUT2D eigenvalue weighted by Crippen LogP contribution is 2.38. The van der Waals surface area contributed by atoms with Crippen LogP contribution in [-0.2, 0) is 0 Å². The number of aliphatic hydroxyl groups excluding tert-OH is 1.